The average molecular weight is 438 g/mol. The van der Waals surface area contributed by atoms with Gasteiger partial charge in [-0.25, -0.2) is 0 Å². The Bertz CT molecular complexity index is 966. The van der Waals surface area contributed by atoms with Crippen LogP contribution in [0.4, 0.5) is 37.7 Å². The molecule has 0 radical (unpaired) electrons. The number of aryl methyl sites for hydroxylation is 2. The molecule has 0 spiro atoms. The molecule has 0 saturated carbocycles. The van der Waals surface area contributed by atoms with E-state index in [4.69, 9.17) is 4.74 Å². The minimum absolute atomic E-state index is 0.142. The van der Waals surface area contributed by atoms with E-state index in [1.165, 1.54) is 13.8 Å². The van der Waals surface area contributed by atoms with Gasteiger partial charge in [-0.05, 0) is 36.6 Å². The number of benzene rings is 2. The lowest BCUT2D eigenvalue weighted by atomic mass is 9.93. The largest absolute Gasteiger partial charge is 0.450 e. The van der Waals surface area contributed by atoms with Crippen molar-refractivity contribution in [2.75, 3.05) is 0 Å². The smallest absolute Gasteiger partial charge is 0.404 e. The van der Waals surface area contributed by atoms with Crippen LogP contribution in [0.2, 0.25) is 0 Å². The summed E-state index contributed by atoms with van der Waals surface area (Å²) in [4.78, 5) is 20.1. The highest BCUT2D eigenvalue weighted by Gasteiger charge is 2.57. The quantitative estimate of drug-likeness (QED) is 0.318. The van der Waals surface area contributed by atoms with Crippen LogP contribution in [0, 0.1) is 34.1 Å². The van der Waals surface area contributed by atoms with E-state index < -0.39 is 50.8 Å². The van der Waals surface area contributed by atoms with Crippen LogP contribution >= 0.6 is 0 Å². The molecule has 2 aromatic carbocycles. The van der Waals surface area contributed by atoms with Crippen molar-refractivity contribution in [2.45, 2.75) is 32.1 Å². The van der Waals surface area contributed by atoms with Gasteiger partial charge in [-0.1, -0.05) is 12.1 Å². The van der Waals surface area contributed by atoms with Crippen molar-refractivity contribution < 1.29 is 40.9 Å². The summed E-state index contributed by atoms with van der Waals surface area (Å²) in [6.45, 7) is 2.35. The minimum atomic E-state index is -5.59. The summed E-state index contributed by atoms with van der Waals surface area (Å²) in [5.41, 5.74) is -2.74. The van der Waals surface area contributed by atoms with E-state index in [1.54, 1.807) is 0 Å². The maximum absolute atomic E-state index is 13.0. The van der Waals surface area contributed by atoms with Gasteiger partial charge in [-0.3, -0.25) is 20.2 Å². The number of halogens is 6. The van der Waals surface area contributed by atoms with E-state index in [2.05, 4.69) is 0 Å². The van der Waals surface area contributed by atoms with Crippen LogP contribution in [-0.4, -0.2) is 22.2 Å². The average Bonchev–Trinajstić information content (AvgIpc) is 2.55. The molecule has 162 valence electrons. The molecule has 30 heavy (non-hydrogen) atoms. The first kappa shape index (κ1) is 22.9. The Morgan fingerprint density at radius 2 is 1.37 bits per heavy atom. The Hall–Kier alpha value is -3.38. The molecule has 0 bridgehead atoms. The third-order valence-corrected chi connectivity index (χ3v) is 4.03. The van der Waals surface area contributed by atoms with Crippen LogP contribution in [0.3, 0.4) is 0 Å². The van der Waals surface area contributed by atoms with Gasteiger partial charge in [0, 0.05) is 6.07 Å². The first-order chi connectivity index (χ1) is 13.6. The van der Waals surface area contributed by atoms with Crippen LogP contribution in [-0.2, 0) is 0 Å². The number of nitro benzene ring substituents is 2. The van der Waals surface area contributed by atoms with Crippen LogP contribution in [0.1, 0.15) is 22.6 Å². The van der Waals surface area contributed by atoms with Crippen LogP contribution in [0.25, 0.3) is 0 Å². The van der Waals surface area contributed by atoms with Gasteiger partial charge in [0.05, 0.1) is 15.9 Å². The molecule has 0 aliphatic heterocycles. The Kier molecular flexibility index (Phi) is 5.96. The molecule has 0 fully saturated rings. The molecule has 13 heteroatoms. The molecule has 2 aromatic rings. The fraction of sp³-hybridized carbons (Fsp3) is 0.294. The fourth-order valence-electron chi connectivity index (χ4n) is 2.83. The first-order valence-corrected chi connectivity index (χ1v) is 7.98. The lowest BCUT2D eigenvalue weighted by Gasteiger charge is -2.24. The van der Waals surface area contributed by atoms with Gasteiger partial charge in [0.2, 0.25) is 5.75 Å². The number of nitrogens with zero attached hydrogens (tertiary/aromatic N) is 2. The summed E-state index contributed by atoms with van der Waals surface area (Å²) in [7, 11) is 0. The highest BCUT2D eigenvalue weighted by atomic mass is 19.4. The van der Waals surface area contributed by atoms with Crippen molar-refractivity contribution in [3.05, 3.63) is 67.3 Å². The molecule has 0 unspecified atom stereocenters. The second-order valence-corrected chi connectivity index (χ2v) is 6.27. The maximum atomic E-state index is 13.0. The van der Waals surface area contributed by atoms with Crippen LogP contribution in [0.15, 0.2) is 30.3 Å². The van der Waals surface area contributed by atoms with Gasteiger partial charge in [0.25, 0.3) is 5.69 Å². The van der Waals surface area contributed by atoms with Gasteiger partial charge in [-0.15, -0.1) is 0 Å². The molecule has 0 aliphatic carbocycles. The van der Waals surface area contributed by atoms with Gasteiger partial charge in [0.1, 0.15) is 5.75 Å². The number of hydrogen-bond donors (Lipinski definition) is 0. The SMILES string of the molecule is Cc1cc(C(C(F)(F)F)C(F)(F)F)cc(C)c1Oc1ccc([N+](=O)[O-])cc1[N+](=O)[O-]. The zero-order valence-corrected chi connectivity index (χ0v) is 15.2. The molecular weight excluding hydrogens is 426 g/mol. The van der Waals surface area contributed by atoms with Gasteiger partial charge in [0.15, 0.2) is 5.92 Å². The molecule has 0 amide bonds. The summed E-state index contributed by atoms with van der Waals surface area (Å²) in [5, 5.41) is 21.9. The third kappa shape index (κ3) is 4.78. The summed E-state index contributed by atoms with van der Waals surface area (Å²) >= 11 is 0. The molecule has 0 N–H and O–H groups in total. The van der Waals surface area contributed by atoms with Gasteiger partial charge < -0.3 is 4.74 Å². The highest BCUT2D eigenvalue weighted by Crippen LogP contribution is 2.48. The monoisotopic (exact) mass is 438 g/mol. The number of non-ortho nitro benzene ring substituents is 1. The molecular formula is C17H12F6N2O5. The van der Waals surface area contributed by atoms with E-state index in [9.17, 15) is 46.6 Å². The minimum Gasteiger partial charge on any atom is -0.450 e. The van der Waals surface area contributed by atoms with Crippen molar-refractivity contribution in [3.63, 3.8) is 0 Å². The first-order valence-electron chi connectivity index (χ1n) is 7.98. The second kappa shape index (κ2) is 7.80. The van der Waals surface area contributed by atoms with Crippen molar-refractivity contribution in [1.29, 1.82) is 0 Å². The molecule has 7 nitrogen and oxygen atoms in total. The van der Waals surface area contributed by atoms with Crippen molar-refractivity contribution in [1.82, 2.24) is 0 Å². The second-order valence-electron chi connectivity index (χ2n) is 6.27. The summed E-state index contributed by atoms with van der Waals surface area (Å²) in [6, 6.07) is 3.70. The number of hydrogen-bond acceptors (Lipinski definition) is 5. The van der Waals surface area contributed by atoms with Gasteiger partial charge in [-0.2, -0.15) is 26.3 Å². The number of rotatable bonds is 5. The van der Waals surface area contributed by atoms with Crippen LogP contribution < -0.4 is 4.74 Å². The number of nitro groups is 2. The topological polar surface area (TPSA) is 95.5 Å². The van der Waals surface area contributed by atoms with Crippen LogP contribution in [0.5, 0.6) is 11.5 Å². The Balaban J connectivity index is 2.54. The lowest BCUT2D eigenvalue weighted by Crippen LogP contribution is -2.34. The fourth-order valence-corrected chi connectivity index (χ4v) is 2.83. The molecule has 0 aromatic heterocycles. The summed E-state index contributed by atoms with van der Waals surface area (Å²) < 4.78 is 83.2. The predicted molar refractivity (Wildman–Crippen MR) is 90.6 cm³/mol. The number of alkyl halides is 6. The Morgan fingerprint density at radius 3 is 1.77 bits per heavy atom. The van der Waals surface area contributed by atoms with E-state index >= 15 is 0 Å². The van der Waals surface area contributed by atoms with E-state index in [1.807, 2.05) is 0 Å². The van der Waals surface area contributed by atoms with E-state index in [0.717, 1.165) is 12.1 Å². The van der Waals surface area contributed by atoms with E-state index in [0.29, 0.717) is 18.2 Å². The van der Waals surface area contributed by atoms with Gasteiger partial charge >= 0.3 is 18.0 Å². The number of ether oxygens (including phenoxy) is 1. The Labute approximate surface area is 164 Å². The third-order valence-electron chi connectivity index (χ3n) is 4.03. The van der Waals surface area contributed by atoms with Crippen molar-refractivity contribution in [3.8, 4) is 11.5 Å². The van der Waals surface area contributed by atoms with Crippen molar-refractivity contribution in [2.24, 2.45) is 0 Å². The highest BCUT2D eigenvalue weighted by molar-refractivity contribution is 5.56. The molecule has 0 saturated heterocycles. The molecule has 0 heterocycles. The predicted octanol–water partition coefficient (Wildman–Crippen LogP) is 6.12. The van der Waals surface area contributed by atoms with E-state index in [-0.39, 0.29) is 16.9 Å². The maximum Gasteiger partial charge on any atom is 0.404 e. The Morgan fingerprint density at radius 1 is 0.867 bits per heavy atom. The summed E-state index contributed by atoms with van der Waals surface area (Å²) in [6.07, 6.45) is -11.2. The lowest BCUT2D eigenvalue weighted by molar-refractivity contribution is -0.394. The van der Waals surface area contributed by atoms with Crippen molar-refractivity contribution >= 4 is 11.4 Å². The normalized spacial score (nSPS) is 12.2. The molecule has 2 rings (SSSR count). The zero-order valence-electron chi connectivity index (χ0n) is 15.2. The zero-order chi connectivity index (χ0) is 23.0. The summed E-state index contributed by atoms with van der Waals surface area (Å²) in [5.74, 6) is -4.39. The standard InChI is InChI=1S/C17H12F6N2O5/c1-8-5-10(15(16(18,19)20)17(21,22)23)6-9(2)14(8)30-13-4-3-11(24(26)27)7-12(13)25(28)29/h3-7,15H,1-2H3. The molecule has 0 aliphatic rings. The molecule has 0 atom stereocenters.